The van der Waals surface area contributed by atoms with Gasteiger partial charge in [-0.25, -0.2) is 9.59 Å². The van der Waals surface area contributed by atoms with E-state index in [0.29, 0.717) is 16.0 Å². The van der Waals surface area contributed by atoms with E-state index in [-0.39, 0.29) is 12.6 Å². The van der Waals surface area contributed by atoms with Crippen molar-refractivity contribution in [2.24, 2.45) is 5.92 Å². The molecule has 29 heavy (non-hydrogen) atoms. The van der Waals surface area contributed by atoms with Crippen molar-refractivity contribution in [3.05, 3.63) is 66.7 Å². The van der Waals surface area contributed by atoms with E-state index < -0.39 is 5.63 Å². The predicted octanol–water partition coefficient (Wildman–Crippen LogP) is 5.22. The Hall–Kier alpha value is -2.40. The highest BCUT2D eigenvalue weighted by Gasteiger charge is 2.23. The van der Waals surface area contributed by atoms with Crippen LogP contribution in [0.4, 0.5) is 0 Å². The van der Waals surface area contributed by atoms with E-state index in [9.17, 15) is 9.59 Å². The molecule has 5 rings (SSSR count). The number of carbonyl (C=O) groups excluding carboxylic acids is 1. The number of carbonyl (C=O) groups is 1. The first-order valence-electron chi connectivity index (χ1n) is 10.5. The number of benzene rings is 1. The third-order valence-corrected chi connectivity index (χ3v) is 7.58. The van der Waals surface area contributed by atoms with Crippen LogP contribution in [-0.2, 0) is 37.0 Å². The van der Waals surface area contributed by atoms with Gasteiger partial charge in [0.15, 0.2) is 0 Å². The highest BCUT2D eigenvalue weighted by molar-refractivity contribution is 7.14. The number of hydrogen-bond acceptors (Lipinski definition) is 5. The van der Waals surface area contributed by atoms with Crippen LogP contribution in [0, 0.1) is 5.92 Å². The van der Waals surface area contributed by atoms with Crippen molar-refractivity contribution in [2.75, 3.05) is 0 Å². The van der Waals surface area contributed by atoms with Crippen LogP contribution in [0.2, 0.25) is 0 Å². The van der Waals surface area contributed by atoms with E-state index >= 15 is 0 Å². The minimum atomic E-state index is -0.404. The normalized spacial score (nSPS) is 17.9. The largest absolute Gasteiger partial charge is 0.457 e. The molecule has 1 atom stereocenters. The second-order valence-electron chi connectivity index (χ2n) is 8.21. The Morgan fingerprint density at radius 3 is 2.79 bits per heavy atom. The Balaban J connectivity index is 1.38. The van der Waals surface area contributed by atoms with Gasteiger partial charge in [-0.1, -0.05) is 13.3 Å². The van der Waals surface area contributed by atoms with Crippen LogP contribution < -0.4 is 5.63 Å². The Bertz CT molecular complexity index is 1150. The minimum Gasteiger partial charge on any atom is -0.457 e. The van der Waals surface area contributed by atoms with Gasteiger partial charge in [-0.3, -0.25) is 0 Å². The Morgan fingerprint density at radius 1 is 1.14 bits per heavy atom. The number of hydrogen-bond donors (Lipinski definition) is 0. The van der Waals surface area contributed by atoms with Crippen LogP contribution >= 0.6 is 11.3 Å². The van der Waals surface area contributed by atoms with Gasteiger partial charge in [0.25, 0.3) is 0 Å². The van der Waals surface area contributed by atoms with Crippen molar-refractivity contribution in [1.82, 2.24) is 0 Å². The van der Waals surface area contributed by atoms with Crippen molar-refractivity contribution >= 4 is 28.3 Å². The molecule has 0 saturated heterocycles. The molecule has 5 heteroatoms. The Kier molecular flexibility index (Phi) is 4.78. The maximum atomic E-state index is 12.7. The fraction of sp³-hybridized carbons (Fsp3) is 0.417. The average Bonchev–Trinajstić information content (AvgIpc) is 3.35. The van der Waals surface area contributed by atoms with Crippen molar-refractivity contribution < 1.29 is 13.9 Å². The molecular weight excluding hydrogens is 384 g/mol. The van der Waals surface area contributed by atoms with E-state index in [0.717, 1.165) is 43.4 Å². The van der Waals surface area contributed by atoms with Gasteiger partial charge in [-0.05, 0) is 79.3 Å². The first-order valence-corrected chi connectivity index (χ1v) is 11.3. The standard InChI is InChI=1S/C24H24O4S/c1-2-14-6-7-21-17(8-14)11-22(29-21)24(26)27-13-18-12-23(25)28-20-10-16-5-3-4-15(16)9-19(18)20/h9-12,14H,2-8,13H2,1H3/t14-/m0/s1. The number of ether oxygens (including phenoxy) is 1. The molecule has 0 radical (unpaired) electrons. The summed E-state index contributed by atoms with van der Waals surface area (Å²) < 4.78 is 11.0. The molecule has 0 N–H and O–H groups in total. The molecule has 3 aromatic rings. The van der Waals surface area contributed by atoms with Crippen LogP contribution in [0.1, 0.15) is 63.0 Å². The number of thiophene rings is 1. The van der Waals surface area contributed by atoms with Gasteiger partial charge in [0.2, 0.25) is 0 Å². The van der Waals surface area contributed by atoms with Gasteiger partial charge in [-0.15, -0.1) is 11.3 Å². The van der Waals surface area contributed by atoms with Gasteiger partial charge in [0.05, 0.1) is 0 Å². The molecular formula is C24H24O4S. The molecule has 2 aromatic heterocycles. The Labute approximate surface area is 173 Å². The molecule has 2 aliphatic carbocycles. The molecule has 2 heterocycles. The summed E-state index contributed by atoms with van der Waals surface area (Å²) in [5, 5.41) is 0.870. The van der Waals surface area contributed by atoms with E-state index in [1.165, 1.54) is 40.5 Å². The van der Waals surface area contributed by atoms with Crippen molar-refractivity contribution in [3.63, 3.8) is 0 Å². The van der Waals surface area contributed by atoms with Crippen LogP contribution in [0.5, 0.6) is 0 Å². The maximum absolute atomic E-state index is 12.7. The first-order chi connectivity index (χ1) is 14.1. The molecule has 0 aliphatic heterocycles. The third-order valence-electron chi connectivity index (χ3n) is 6.36. The molecule has 4 nitrogen and oxygen atoms in total. The molecule has 0 spiro atoms. The van der Waals surface area contributed by atoms with Gasteiger partial charge in [-0.2, -0.15) is 0 Å². The van der Waals surface area contributed by atoms with Crippen molar-refractivity contribution in [3.8, 4) is 0 Å². The lowest BCUT2D eigenvalue weighted by molar-refractivity contribution is 0.0479. The molecule has 150 valence electrons. The molecule has 0 saturated carbocycles. The molecule has 0 amide bonds. The van der Waals surface area contributed by atoms with Gasteiger partial charge >= 0.3 is 11.6 Å². The number of aryl methyl sites for hydroxylation is 3. The summed E-state index contributed by atoms with van der Waals surface area (Å²) in [6, 6.07) is 7.52. The molecule has 1 aromatic carbocycles. The summed E-state index contributed by atoms with van der Waals surface area (Å²) in [6.07, 6.45) is 7.70. The van der Waals surface area contributed by atoms with Crippen LogP contribution in [0.15, 0.2) is 33.5 Å². The van der Waals surface area contributed by atoms with Gasteiger partial charge < -0.3 is 9.15 Å². The molecule has 0 bridgehead atoms. The maximum Gasteiger partial charge on any atom is 0.348 e. The fourth-order valence-electron chi connectivity index (χ4n) is 4.68. The highest BCUT2D eigenvalue weighted by atomic mass is 32.1. The average molecular weight is 409 g/mol. The summed E-state index contributed by atoms with van der Waals surface area (Å²) >= 11 is 1.56. The zero-order valence-corrected chi connectivity index (χ0v) is 17.4. The summed E-state index contributed by atoms with van der Waals surface area (Å²) in [7, 11) is 0. The summed E-state index contributed by atoms with van der Waals surface area (Å²) in [4.78, 5) is 26.7. The quantitative estimate of drug-likeness (QED) is 0.439. The molecule has 0 unspecified atom stereocenters. The zero-order valence-electron chi connectivity index (χ0n) is 16.6. The van der Waals surface area contributed by atoms with Crippen LogP contribution in [0.3, 0.4) is 0 Å². The zero-order chi connectivity index (χ0) is 20.0. The lowest BCUT2D eigenvalue weighted by Crippen LogP contribution is -2.10. The smallest absolute Gasteiger partial charge is 0.348 e. The van der Waals surface area contributed by atoms with Crippen molar-refractivity contribution in [1.29, 1.82) is 0 Å². The van der Waals surface area contributed by atoms with Crippen molar-refractivity contribution in [2.45, 2.75) is 58.5 Å². The van der Waals surface area contributed by atoms with Gasteiger partial charge in [0.1, 0.15) is 17.1 Å². The third kappa shape index (κ3) is 3.52. The van der Waals surface area contributed by atoms with Crippen LogP contribution in [-0.4, -0.2) is 5.97 Å². The highest BCUT2D eigenvalue weighted by Crippen LogP contribution is 2.34. The van der Waals surface area contributed by atoms with E-state index in [2.05, 4.69) is 13.0 Å². The van der Waals surface area contributed by atoms with E-state index in [1.54, 1.807) is 11.3 Å². The summed E-state index contributed by atoms with van der Waals surface area (Å²) in [6.45, 7) is 2.31. The topological polar surface area (TPSA) is 56.5 Å². The van der Waals surface area contributed by atoms with E-state index in [4.69, 9.17) is 9.15 Å². The summed E-state index contributed by atoms with van der Waals surface area (Å²) in [5.74, 6) is 0.414. The number of rotatable bonds is 4. The fourth-order valence-corrected chi connectivity index (χ4v) is 5.78. The van der Waals surface area contributed by atoms with E-state index in [1.807, 2.05) is 12.1 Å². The van der Waals surface area contributed by atoms with Crippen LogP contribution in [0.25, 0.3) is 11.0 Å². The second-order valence-corrected chi connectivity index (χ2v) is 9.35. The predicted molar refractivity (Wildman–Crippen MR) is 114 cm³/mol. The molecule has 0 fully saturated rings. The lowest BCUT2D eigenvalue weighted by atomic mass is 9.87. The minimum absolute atomic E-state index is 0.0832. The Morgan fingerprint density at radius 2 is 1.97 bits per heavy atom. The number of fused-ring (bicyclic) bond motifs is 3. The SMILES string of the molecule is CC[C@H]1CCc2sc(C(=O)OCc3cc(=O)oc4cc5c(cc34)CCC5)cc2C1. The lowest BCUT2D eigenvalue weighted by Gasteiger charge is -2.19. The number of esters is 1. The second kappa shape index (κ2) is 7.45. The van der Waals surface area contributed by atoms with Gasteiger partial charge in [0, 0.05) is 21.9 Å². The summed E-state index contributed by atoms with van der Waals surface area (Å²) in [5.41, 5.74) is 4.76. The monoisotopic (exact) mass is 408 g/mol. The first kappa shape index (κ1) is 18.6. The molecule has 2 aliphatic rings.